The standard InChI is InChI=1S/C22H35FN2O/c1-2-3-4-5-6-7-8-9-10-11-22(26)25-18-16-24(17-19-25)21-14-12-20(23)13-15-21/h12-15H,2-11,16-19H2,1H3. The van der Waals surface area contributed by atoms with Gasteiger partial charge in [-0.3, -0.25) is 4.79 Å². The van der Waals surface area contributed by atoms with E-state index in [1.54, 1.807) is 0 Å². The van der Waals surface area contributed by atoms with E-state index in [2.05, 4.69) is 11.8 Å². The first-order chi connectivity index (χ1) is 12.7. The summed E-state index contributed by atoms with van der Waals surface area (Å²) in [6.07, 6.45) is 12.2. The number of amides is 1. The van der Waals surface area contributed by atoms with Crippen LogP contribution in [0.25, 0.3) is 0 Å². The predicted molar refractivity (Wildman–Crippen MR) is 107 cm³/mol. The molecule has 0 unspecified atom stereocenters. The summed E-state index contributed by atoms with van der Waals surface area (Å²) in [7, 11) is 0. The monoisotopic (exact) mass is 362 g/mol. The SMILES string of the molecule is CCCCCCCCCCCC(=O)N1CCN(c2ccc(F)cc2)CC1. The maximum absolute atomic E-state index is 13.0. The van der Waals surface area contributed by atoms with Crippen LogP contribution < -0.4 is 4.90 Å². The summed E-state index contributed by atoms with van der Waals surface area (Å²) in [5, 5.41) is 0. The molecule has 3 nitrogen and oxygen atoms in total. The van der Waals surface area contributed by atoms with Gasteiger partial charge in [0.15, 0.2) is 0 Å². The van der Waals surface area contributed by atoms with Crippen LogP contribution >= 0.6 is 0 Å². The van der Waals surface area contributed by atoms with E-state index in [0.717, 1.165) is 38.3 Å². The quantitative estimate of drug-likeness (QED) is 0.492. The second kappa shape index (κ2) is 11.9. The molecule has 0 N–H and O–H groups in total. The number of rotatable bonds is 11. The van der Waals surface area contributed by atoms with E-state index in [0.29, 0.717) is 12.3 Å². The second-order valence-corrected chi connectivity index (χ2v) is 7.42. The predicted octanol–water partition coefficient (Wildman–Crippen LogP) is 5.40. The van der Waals surface area contributed by atoms with Gasteiger partial charge < -0.3 is 9.80 Å². The zero-order valence-corrected chi connectivity index (χ0v) is 16.4. The molecule has 0 aromatic heterocycles. The fraction of sp³-hybridized carbons (Fsp3) is 0.682. The number of hydrogen-bond donors (Lipinski definition) is 0. The van der Waals surface area contributed by atoms with Crippen molar-refractivity contribution in [2.24, 2.45) is 0 Å². The third-order valence-corrected chi connectivity index (χ3v) is 5.32. The number of halogens is 1. The van der Waals surface area contributed by atoms with Gasteiger partial charge in [0.2, 0.25) is 5.91 Å². The molecule has 1 amide bonds. The number of anilines is 1. The molecule has 1 aromatic carbocycles. The number of nitrogens with zero attached hydrogens (tertiary/aromatic N) is 2. The molecular weight excluding hydrogens is 327 g/mol. The summed E-state index contributed by atoms with van der Waals surface area (Å²) in [5.74, 6) is 0.0928. The van der Waals surface area contributed by atoms with Crippen LogP contribution in [0.2, 0.25) is 0 Å². The normalized spacial score (nSPS) is 14.7. The lowest BCUT2D eigenvalue weighted by Gasteiger charge is -2.36. The van der Waals surface area contributed by atoms with Gasteiger partial charge in [-0.05, 0) is 30.7 Å². The Bertz CT molecular complexity index is 509. The fourth-order valence-corrected chi connectivity index (χ4v) is 3.61. The zero-order chi connectivity index (χ0) is 18.6. The molecule has 1 heterocycles. The van der Waals surface area contributed by atoms with Gasteiger partial charge in [-0.2, -0.15) is 0 Å². The summed E-state index contributed by atoms with van der Waals surface area (Å²) in [6.45, 7) is 5.45. The van der Waals surface area contributed by atoms with Crippen LogP contribution in [0.3, 0.4) is 0 Å². The Morgan fingerprint density at radius 2 is 1.38 bits per heavy atom. The Labute approximate surface area is 158 Å². The van der Waals surface area contributed by atoms with Gasteiger partial charge >= 0.3 is 0 Å². The Morgan fingerprint density at radius 1 is 0.846 bits per heavy atom. The van der Waals surface area contributed by atoms with Crippen LogP contribution in [0.15, 0.2) is 24.3 Å². The number of hydrogen-bond acceptors (Lipinski definition) is 2. The summed E-state index contributed by atoms with van der Waals surface area (Å²) in [6, 6.07) is 6.62. The zero-order valence-electron chi connectivity index (χ0n) is 16.4. The highest BCUT2D eigenvalue weighted by atomic mass is 19.1. The second-order valence-electron chi connectivity index (χ2n) is 7.42. The van der Waals surface area contributed by atoms with Crippen molar-refractivity contribution in [2.45, 2.75) is 71.1 Å². The van der Waals surface area contributed by atoms with Crippen molar-refractivity contribution in [3.8, 4) is 0 Å². The van der Waals surface area contributed by atoms with Gasteiger partial charge in [0.05, 0.1) is 0 Å². The summed E-state index contributed by atoms with van der Waals surface area (Å²) >= 11 is 0. The smallest absolute Gasteiger partial charge is 0.222 e. The number of carbonyl (C=O) groups is 1. The first kappa shape index (κ1) is 20.7. The van der Waals surface area contributed by atoms with Gasteiger partial charge in [0, 0.05) is 38.3 Å². The summed E-state index contributed by atoms with van der Waals surface area (Å²) in [4.78, 5) is 16.6. The van der Waals surface area contributed by atoms with Crippen molar-refractivity contribution < 1.29 is 9.18 Å². The van der Waals surface area contributed by atoms with Crippen molar-refractivity contribution in [1.29, 1.82) is 0 Å². The van der Waals surface area contributed by atoms with E-state index in [1.807, 2.05) is 17.0 Å². The highest BCUT2D eigenvalue weighted by molar-refractivity contribution is 5.76. The molecule has 0 spiro atoms. The van der Waals surface area contributed by atoms with Crippen LogP contribution in [0, 0.1) is 5.82 Å². The lowest BCUT2D eigenvalue weighted by Crippen LogP contribution is -2.48. The largest absolute Gasteiger partial charge is 0.368 e. The number of unbranched alkanes of at least 4 members (excludes halogenated alkanes) is 8. The molecule has 1 fully saturated rings. The van der Waals surface area contributed by atoms with Gasteiger partial charge in [-0.1, -0.05) is 58.3 Å². The molecular formula is C22H35FN2O. The van der Waals surface area contributed by atoms with E-state index in [4.69, 9.17) is 0 Å². The molecule has 0 bridgehead atoms. The number of benzene rings is 1. The first-order valence-corrected chi connectivity index (χ1v) is 10.5. The van der Waals surface area contributed by atoms with Gasteiger partial charge in [0.1, 0.15) is 5.82 Å². The van der Waals surface area contributed by atoms with E-state index in [1.165, 1.54) is 63.5 Å². The van der Waals surface area contributed by atoms with Crippen LogP contribution in [0.5, 0.6) is 0 Å². The Morgan fingerprint density at radius 3 is 1.96 bits per heavy atom. The van der Waals surface area contributed by atoms with E-state index < -0.39 is 0 Å². The van der Waals surface area contributed by atoms with Crippen LogP contribution in [0.4, 0.5) is 10.1 Å². The van der Waals surface area contributed by atoms with Crippen molar-refractivity contribution in [1.82, 2.24) is 4.90 Å². The third-order valence-electron chi connectivity index (χ3n) is 5.32. The van der Waals surface area contributed by atoms with Gasteiger partial charge in [0.25, 0.3) is 0 Å². The third kappa shape index (κ3) is 7.35. The molecule has 0 atom stereocenters. The Hall–Kier alpha value is -1.58. The highest BCUT2D eigenvalue weighted by Crippen LogP contribution is 2.18. The lowest BCUT2D eigenvalue weighted by molar-refractivity contribution is -0.131. The molecule has 0 saturated carbocycles. The van der Waals surface area contributed by atoms with Crippen LogP contribution in [-0.2, 0) is 4.79 Å². The molecule has 1 aliphatic rings. The van der Waals surface area contributed by atoms with E-state index in [-0.39, 0.29) is 5.82 Å². The Kier molecular flexibility index (Phi) is 9.51. The van der Waals surface area contributed by atoms with E-state index >= 15 is 0 Å². The Balaban J connectivity index is 1.53. The minimum absolute atomic E-state index is 0.205. The maximum atomic E-state index is 13.0. The van der Waals surface area contributed by atoms with Crippen LogP contribution in [-0.4, -0.2) is 37.0 Å². The highest BCUT2D eigenvalue weighted by Gasteiger charge is 2.20. The van der Waals surface area contributed by atoms with Crippen molar-refractivity contribution in [3.05, 3.63) is 30.1 Å². The molecule has 4 heteroatoms. The van der Waals surface area contributed by atoms with Crippen LogP contribution in [0.1, 0.15) is 71.1 Å². The summed E-state index contributed by atoms with van der Waals surface area (Å²) in [5.41, 5.74) is 1.04. The molecule has 2 rings (SSSR count). The average molecular weight is 363 g/mol. The van der Waals surface area contributed by atoms with Crippen molar-refractivity contribution >= 4 is 11.6 Å². The van der Waals surface area contributed by atoms with Gasteiger partial charge in [-0.25, -0.2) is 4.39 Å². The average Bonchev–Trinajstić information content (AvgIpc) is 2.67. The molecule has 1 saturated heterocycles. The van der Waals surface area contributed by atoms with Crippen molar-refractivity contribution in [3.63, 3.8) is 0 Å². The minimum Gasteiger partial charge on any atom is -0.368 e. The molecule has 0 aliphatic carbocycles. The topological polar surface area (TPSA) is 23.6 Å². The molecule has 1 aliphatic heterocycles. The molecule has 26 heavy (non-hydrogen) atoms. The molecule has 1 aromatic rings. The summed E-state index contributed by atoms with van der Waals surface area (Å²) < 4.78 is 13.0. The maximum Gasteiger partial charge on any atom is 0.222 e. The van der Waals surface area contributed by atoms with Crippen molar-refractivity contribution in [2.75, 3.05) is 31.1 Å². The minimum atomic E-state index is -0.205. The fourth-order valence-electron chi connectivity index (χ4n) is 3.61. The lowest BCUT2D eigenvalue weighted by atomic mass is 10.1. The molecule has 0 radical (unpaired) electrons. The molecule has 146 valence electrons. The van der Waals surface area contributed by atoms with Gasteiger partial charge in [-0.15, -0.1) is 0 Å². The first-order valence-electron chi connectivity index (χ1n) is 10.5. The van der Waals surface area contributed by atoms with E-state index in [9.17, 15) is 9.18 Å². The number of carbonyl (C=O) groups excluding carboxylic acids is 1. The number of piperazine rings is 1.